The molecule has 3 aromatic carbocycles. The number of aryl methyl sites for hydroxylation is 4. The molecule has 0 saturated heterocycles. The number of hydrogen-bond acceptors (Lipinski definition) is 21. The van der Waals surface area contributed by atoms with Crippen LogP contribution in [0.3, 0.4) is 0 Å². The van der Waals surface area contributed by atoms with E-state index in [1.54, 1.807) is 19.9 Å². The third kappa shape index (κ3) is 28.2. The maximum absolute atomic E-state index is 14.0. The molecule has 0 radical (unpaired) electrons. The minimum Gasteiger partial charge on any atom is -1.00 e. The molecule has 97 heavy (non-hydrogen) atoms. The smallest absolute Gasteiger partial charge is 1.00 e. The Labute approximate surface area is 623 Å². The molecule has 8 aromatic rings. The summed E-state index contributed by atoms with van der Waals surface area (Å²) in [6, 6.07) is 21.2. The van der Waals surface area contributed by atoms with Crippen LogP contribution >= 0.6 is 62.3 Å². The van der Waals surface area contributed by atoms with Gasteiger partial charge in [0.05, 0.1) is 76.7 Å². The molecule has 0 aliphatic rings. The van der Waals surface area contributed by atoms with Crippen molar-refractivity contribution in [3.8, 4) is 51.7 Å². The molecule has 4 N–H and O–H groups in total. The topological polar surface area (TPSA) is 350 Å². The Bertz CT molecular complexity index is 3940. The van der Waals surface area contributed by atoms with Gasteiger partial charge in [-0.3, -0.25) is 49.1 Å². The van der Waals surface area contributed by atoms with E-state index >= 15 is 0 Å². The summed E-state index contributed by atoms with van der Waals surface area (Å²) in [4.78, 5) is 60.5. The van der Waals surface area contributed by atoms with E-state index in [1.165, 1.54) is 114 Å². The standard InChI is InChI=1S/C14H12ClFN2O3.C14H14ClFN2O.C8H9BrN2O3.C8H10N2O3.C6H3BClF3.C6H5ClN2O3.C2H7BO2.FH.K/c1-3-12-13(18(19)20)7-10(14(17-12)21-2)9-6-8(15)4-5-11(9)16;1-3-13-12(17)7-10(14(18-13)19-2)9-6-8(15)4-5-11(9)16;1-3-6-7(11(12)13)4-5(9)8(10-6)14-2;1-3-6-7(10(11)12)4-5-8(9-6)13-2;8-4-1-2-6(9)5(3-4)7(10)11;1-12-5-3-2-4(9(10)11)6(7)8-5;1-2-3(4)5;;/h4-7H,3H2,1-2H3;4-7H,3,17H2,1-2H3;4H,3H2,1-2H3;4-5H,3H2,1-2H3;1-3H;2-3H,1H3;4-5H,2H2,1H3;1H;/q;;;;;;;;+1/p-1. The number of ether oxygens (including phenoxy) is 5. The van der Waals surface area contributed by atoms with Crippen molar-refractivity contribution in [2.45, 2.75) is 66.6 Å². The number of halogens is 11. The van der Waals surface area contributed by atoms with Gasteiger partial charge in [-0.2, -0.15) is 4.98 Å². The molecule has 5 heterocycles. The normalized spacial score (nSPS) is 9.75. The Morgan fingerprint density at radius 1 is 0.485 bits per heavy atom. The summed E-state index contributed by atoms with van der Waals surface area (Å²) in [5, 5.41) is 59.1. The van der Waals surface area contributed by atoms with Crippen LogP contribution in [0, 0.1) is 57.9 Å². The molecule has 0 aliphatic carbocycles. The van der Waals surface area contributed by atoms with Gasteiger partial charge in [-0.25, -0.2) is 33.1 Å². The van der Waals surface area contributed by atoms with Gasteiger partial charge in [0.2, 0.25) is 34.6 Å². The fraction of sp³-hybridized carbons (Fsp3) is 0.259. The average Bonchev–Trinajstić information content (AvgIpc) is 0.825. The van der Waals surface area contributed by atoms with Crippen molar-refractivity contribution in [1.29, 1.82) is 0 Å². The van der Waals surface area contributed by atoms with Gasteiger partial charge in [-0.15, -0.1) is 0 Å². The summed E-state index contributed by atoms with van der Waals surface area (Å²) in [5.41, 5.74) is 8.43. The van der Waals surface area contributed by atoms with Gasteiger partial charge in [0.15, 0.2) is 0 Å². The van der Waals surface area contributed by atoms with Gasteiger partial charge < -0.3 is 44.2 Å². The summed E-state index contributed by atoms with van der Waals surface area (Å²) < 4.78 is 89.5. The number of benzene rings is 3. The number of nitro groups is 4. The summed E-state index contributed by atoms with van der Waals surface area (Å²) in [6.45, 7) is 9.01. The number of aromatic nitrogens is 5. The first-order valence-electron chi connectivity index (χ1n) is 27.3. The monoisotopic (exact) mass is 1530 g/mol. The van der Waals surface area contributed by atoms with Crippen LogP contribution in [-0.2, 0) is 25.7 Å². The molecule has 0 unspecified atom stereocenters. The predicted molar refractivity (Wildman–Crippen MR) is 356 cm³/mol. The second-order valence-corrected chi connectivity index (χ2v) is 20.6. The van der Waals surface area contributed by atoms with Crippen molar-refractivity contribution in [1.82, 2.24) is 24.9 Å². The number of rotatable bonds is 17. The fourth-order valence-corrected chi connectivity index (χ4v) is 8.50. The maximum Gasteiger partial charge on any atom is 1.00 e. The zero-order valence-electron chi connectivity index (χ0n) is 53.4. The Kier molecular flexibility index (Phi) is 41.9. The predicted octanol–water partition coefficient (Wildman–Crippen LogP) is 8.85. The molecule has 0 bridgehead atoms. The molecule has 8 rings (SSSR count). The van der Waals surface area contributed by atoms with Crippen molar-refractivity contribution in [2.75, 3.05) is 41.3 Å². The number of methoxy groups -OCH3 is 5. The van der Waals surface area contributed by atoms with Gasteiger partial charge >= 0.3 is 71.5 Å². The van der Waals surface area contributed by atoms with Crippen molar-refractivity contribution >= 4 is 111 Å². The van der Waals surface area contributed by atoms with Crippen LogP contribution in [0.1, 0.15) is 57.4 Å². The summed E-state index contributed by atoms with van der Waals surface area (Å²) >= 11 is 25.7. The van der Waals surface area contributed by atoms with Crippen LogP contribution in [0.2, 0.25) is 26.5 Å². The summed E-state index contributed by atoms with van der Waals surface area (Å²) in [6.07, 6.45) is 2.49. The van der Waals surface area contributed by atoms with Gasteiger partial charge in [-0.1, -0.05) is 81.0 Å². The van der Waals surface area contributed by atoms with E-state index in [1.807, 2.05) is 20.8 Å². The molecule has 39 heteroatoms. The Morgan fingerprint density at radius 3 is 1.22 bits per heavy atom. The SMILES string of the molecule is CCB(O)O.CCc1nc(OC)c(-c2cc(Cl)ccc2F)cc1N.CCc1nc(OC)c(-c2cc(Cl)ccc2F)cc1[N+](=O)[O-].CCc1nc(OC)c(Br)cc1[N+](=O)[O-].CCc1nc(OC)ccc1[N+](=O)[O-].COc1ccc([N+](=O)[O-])c(Cl)n1.FB(F)c1cc(Cl)ccc1F.[F-].[K+]. The van der Waals surface area contributed by atoms with E-state index in [2.05, 4.69) is 40.8 Å². The first-order valence-corrected chi connectivity index (χ1v) is 29.6. The quantitative estimate of drug-likeness (QED) is 0.0252. The van der Waals surface area contributed by atoms with Crippen LogP contribution in [0.5, 0.6) is 29.4 Å². The van der Waals surface area contributed by atoms with E-state index in [9.17, 15) is 62.3 Å². The number of nitrogen functional groups attached to an aromatic ring is 1. The molecule has 516 valence electrons. The number of anilines is 1. The minimum atomic E-state index is -2.81. The number of nitrogens with zero attached hydrogens (tertiary/aromatic N) is 9. The molecule has 25 nitrogen and oxygen atoms in total. The zero-order valence-corrected chi connectivity index (χ0v) is 61.1. The molecule has 0 atom stereocenters. The van der Waals surface area contributed by atoms with Gasteiger partial charge in [0.1, 0.15) is 34.5 Å². The van der Waals surface area contributed by atoms with Crippen LogP contribution in [0.4, 0.5) is 50.2 Å². The second-order valence-electron chi connectivity index (χ2n) is 18.1. The minimum absolute atomic E-state index is 0. The van der Waals surface area contributed by atoms with Crippen LogP contribution < -0.4 is 91.0 Å². The molecule has 0 amide bonds. The van der Waals surface area contributed by atoms with Crippen molar-refractivity contribution in [3.05, 3.63) is 202 Å². The molecule has 0 spiro atoms. The third-order valence-corrected chi connectivity index (χ3v) is 13.5. The maximum atomic E-state index is 14.0. The molecular formula is C58H60B2BrCl4F6KN10O15. The van der Waals surface area contributed by atoms with Crippen LogP contribution in [-0.4, -0.2) is 105 Å². The van der Waals surface area contributed by atoms with E-state index < -0.39 is 57.0 Å². The van der Waals surface area contributed by atoms with Gasteiger partial charge in [-0.05, 0) is 109 Å². The van der Waals surface area contributed by atoms with E-state index in [-0.39, 0.29) is 118 Å². The average molecular weight is 1530 g/mol. The number of hydrogen-bond donors (Lipinski definition) is 3. The Hall–Kier alpha value is -7.28. The molecular weight excluding hydrogens is 1470 g/mol. The first kappa shape index (κ1) is 89.7. The van der Waals surface area contributed by atoms with Crippen molar-refractivity contribution in [2.24, 2.45) is 0 Å². The van der Waals surface area contributed by atoms with Gasteiger partial charge in [0, 0.05) is 73.6 Å². The molecule has 5 aromatic heterocycles. The van der Waals surface area contributed by atoms with E-state index in [0.29, 0.717) is 92.4 Å². The number of nitrogens with two attached hydrogens (primary N) is 1. The first-order chi connectivity index (χ1) is 44.8. The molecule has 0 saturated carbocycles. The second kappa shape index (κ2) is 45.3. The Balaban J connectivity index is 0.00000113. The van der Waals surface area contributed by atoms with E-state index in [0.717, 1.165) is 17.8 Å². The van der Waals surface area contributed by atoms with E-state index in [4.69, 9.17) is 85.9 Å². The van der Waals surface area contributed by atoms with Crippen LogP contribution in [0.25, 0.3) is 22.3 Å². The molecule has 0 fully saturated rings. The summed E-state index contributed by atoms with van der Waals surface area (Å²) in [5.74, 6) is -0.387. The summed E-state index contributed by atoms with van der Waals surface area (Å²) in [7, 11) is 3.30. The van der Waals surface area contributed by atoms with Gasteiger partial charge in [0.25, 0.3) is 17.1 Å². The zero-order chi connectivity index (χ0) is 72.0. The Morgan fingerprint density at radius 2 is 0.845 bits per heavy atom. The molecule has 0 aliphatic heterocycles. The van der Waals surface area contributed by atoms with Crippen LogP contribution in [0.15, 0.2) is 102 Å². The fourth-order valence-electron chi connectivity index (χ4n) is 7.29. The van der Waals surface area contributed by atoms with Crippen molar-refractivity contribution in [3.63, 3.8) is 0 Å². The third-order valence-electron chi connectivity index (χ3n) is 12.0. The van der Waals surface area contributed by atoms with Crippen molar-refractivity contribution < 1.29 is 131 Å². The number of pyridine rings is 5. The largest absolute Gasteiger partial charge is 1.00 e.